The average Bonchev–Trinajstić information content (AvgIpc) is 2.73. The quantitative estimate of drug-likeness (QED) is 0.828. The molecule has 0 spiro atoms. The number of aliphatic carboxylic acids is 1. The number of aromatic nitrogens is 2. The number of carboxylic acids is 1. The van der Waals surface area contributed by atoms with Gasteiger partial charge in [0.1, 0.15) is 6.54 Å². The van der Waals surface area contributed by atoms with E-state index in [1.54, 1.807) is 31.6 Å². The Morgan fingerprint density at radius 1 is 1.45 bits per heavy atom. The number of aryl methyl sites for hydroxylation is 2. The fraction of sp³-hybridized carbons (Fsp3) is 0.643. The molecule has 0 aromatic carbocycles. The van der Waals surface area contributed by atoms with Gasteiger partial charge in [-0.15, -0.1) is 0 Å². The molecule has 0 atom stereocenters. The van der Waals surface area contributed by atoms with Crippen molar-refractivity contribution in [2.45, 2.75) is 53.1 Å². The van der Waals surface area contributed by atoms with Crippen LogP contribution in [0.1, 0.15) is 49.7 Å². The Balaban J connectivity index is 2.93. The van der Waals surface area contributed by atoms with Crippen molar-refractivity contribution in [3.8, 4) is 0 Å². The first kappa shape index (κ1) is 16.2. The molecule has 0 saturated carbocycles. The van der Waals surface area contributed by atoms with Crippen LogP contribution in [-0.2, 0) is 11.3 Å². The van der Waals surface area contributed by atoms with Gasteiger partial charge in [-0.1, -0.05) is 13.3 Å². The molecule has 112 valence electrons. The molecule has 6 heteroatoms. The van der Waals surface area contributed by atoms with Crippen LogP contribution in [0.4, 0.5) is 0 Å². The molecule has 1 rings (SSSR count). The predicted molar refractivity (Wildman–Crippen MR) is 75.7 cm³/mol. The Labute approximate surface area is 119 Å². The molecule has 0 aliphatic heterocycles. The van der Waals surface area contributed by atoms with E-state index in [-0.39, 0.29) is 18.5 Å². The third-order valence-electron chi connectivity index (χ3n) is 3.11. The lowest BCUT2D eigenvalue weighted by Gasteiger charge is -2.24. The molecule has 1 amide bonds. The van der Waals surface area contributed by atoms with Gasteiger partial charge in [0.15, 0.2) is 0 Å². The Kier molecular flexibility index (Phi) is 5.73. The van der Waals surface area contributed by atoms with Crippen molar-refractivity contribution in [3.05, 3.63) is 17.5 Å². The zero-order valence-electron chi connectivity index (χ0n) is 12.6. The van der Waals surface area contributed by atoms with E-state index >= 15 is 0 Å². The van der Waals surface area contributed by atoms with E-state index in [0.717, 1.165) is 19.4 Å². The van der Waals surface area contributed by atoms with Crippen LogP contribution in [0, 0.1) is 6.92 Å². The molecule has 1 aromatic rings. The molecule has 20 heavy (non-hydrogen) atoms. The smallest absolute Gasteiger partial charge is 0.323 e. The van der Waals surface area contributed by atoms with Gasteiger partial charge < -0.3 is 10.0 Å². The maximum absolute atomic E-state index is 12.4. The largest absolute Gasteiger partial charge is 0.480 e. The van der Waals surface area contributed by atoms with Gasteiger partial charge in [-0.3, -0.25) is 14.3 Å². The average molecular weight is 281 g/mol. The zero-order valence-corrected chi connectivity index (χ0v) is 12.6. The van der Waals surface area contributed by atoms with Crippen molar-refractivity contribution < 1.29 is 14.7 Å². The predicted octanol–water partition coefficient (Wildman–Crippen LogP) is 1.93. The summed E-state index contributed by atoms with van der Waals surface area (Å²) in [6.45, 7) is 7.95. The highest BCUT2D eigenvalue weighted by Crippen LogP contribution is 2.12. The van der Waals surface area contributed by atoms with Crippen LogP contribution in [0.15, 0.2) is 6.20 Å². The zero-order chi connectivity index (χ0) is 15.3. The lowest BCUT2D eigenvalue weighted by atomic mass is 10.2. The van der Waals surface area contributed by atoms with E-state index in [1.807, 2.05) is 0 Å². The highest BCUT2D eigenvalue weighted by Gasteiger charge is 2.24. The number of carbonyl (C=O) groups excluding carboxylic acids is 1. The number of unbranched alkanes of at least 4 members (excludes halogenated alkanes) is 1. The fourth-order valence-corrected chi connectivity index (χ4v) is 1.95. The number of nitrogens with zero attached hydrogens (tertiary/aromatic N) is 3. The first-order valence-electron chi connectivity index (χ1n) is 6.93. The SMILES string of the molecule is CCCCn1cc(C(=O)N(CC(=O)O)C(C)C)c(C)n1. The Bertz CT molecular complexity index is 480. The van der Waals surface area contributed by atoms with Gasteiger partial charge in [0.05, 0.1) is 11.3 Å². The normalized spacial score (nSPS) is 10.8. The molecule has 0 fully saturated rings. The summed E-state index contributed by atoms with van der Waals surface area (Å²) in [7, 11) is 0. The molecular formula is C14H23N3O3. The summed E-state index contributed by atoms with van der Waals surface area (Å²) in [6.07, 6.45) is 3.77. The third-order valence-corrected chi connectivity index (χ3v) is 3.11. The van der Waals surface area contributed by atoms with Crippen LogP contribution >= 0.6 is 0 Å². The first-order chi connectivity index (χ1) is 9.36. The first-order valence-corrected chi connectivity index (χ1v) is 6.93. The summed E-state index contributed by atoms with van der Waals surface area (Å²) in [6, 6.07) is -0.169. The maximum atomic E-state index is 12.4. The Morgan fingerprint density at radius 3 is 2.60 bits per heavy atom. The van der Waals surface area contributed by atoms with Gasteiger partial charge in [-0.05, 0) is 27.2 Å². The van der Waals surface area contributed by atoms with Crippen LogP contribution < -0.4 is 0 Å². The number of amides is 1. The molecule has 0 radical (unpaired) electrons. The van der Waals surface area contributed by atoms with E-state index in [2.05, 4.69) is 12.0 Å². The monoisotopic (exact) mass is 281 g/mol. The number of carboxylic acid groups (broad SMARTS) is 1. The van der Waals surface area contributed by atoms with Crippen molar-refractivity contribution in [2.24, 2.45) is 0 Å². The Hall–Kier alpha value is -1.85. The van der Waals surface area contributed by atoms with Crippen molar-refractivity contribution in [2.75, 3.05) is 6.54 Å². The van der Waals surface area contributed by atoms with Crippen LogP contribution in [0.3, 0.4) is 0 Å². The third kappa shape index (κ3) is 4.08. The van der Waals surface area contributed by atoms with Gasteiger partial charge in [-0.2, -0.15) is 5.10 Å². The molecule has 0 aliphatic rings. The second-order valence-corrected chi connectivity index (χ2v) is 5.17. The maximum Gasteiger partial charge on any atom is 0.323 e. The molecular weight excluding hydrogens is 258 g/mol. The topological polar surface area (TPSA) is 75.4 Å². The minimum absolute atomic E-state index is 0.169. The second-order valence-electron chi connectivity index (χ2n) is 5.17. The Morgan fingerprint density at radius 2 is 2.10 bits per heavy atom. The summed E-state index contributed by atoms with van der Waals surface area (Å²) in [5.41, 5.74) is 1.12. The molecule has 1 aromatic heterocycles. The van der Waals surface area contributed by atoms with Crippen LogP contribution in [0.5, 0.6) is 0 Å². The van der Waals surface area contributed by atoms with Crippen LogP contribution in [-0.4, -0.2) is 44.3 Å². The minimum Gasteiger partial charge on any atom is -0.480 e. The van der Waals surface area contributed by atoms with E-state index in [4.69, 9.17) is 5.11 Å². The summed E-state index contributed by atoms with van der Waals surface area (Å²) in [4.78, 5) is 24.6. The number of hydrogen-bond donors (Lipinski definition) is 1. The molecule has 0 saturated heterocycles. The summed E-state index contributed by atoms with van der Waals surface area (Å²) < 4.78 is 1.76. The van der Waals surface area contributed by atoms with Crippen LogP contribution in [0.2, 0.25) is 0 Å². The van der Waals surface area contributed by atoms with Crippen molar-refractivity contribution >= 4 is 11.9 Å². The van der Waals surface area contributed by atoms with Crippen molar-refractivity contribution in [3.63, 3.8) is 0 Å². The van der Waals surface area contributed by atoms with E-state index in [9.17, 15) is 9.59 Å². The fourth-order valence-electron chi connectivity index (χ4n) is 1.95. The molecule has 1 heterocycles. The minimum atomic E-state index is -1.01. The highest BCUT2D eigenvalue weighted by molar-refractivity contribution is 5.96. The number of rotatable bonds is 7. The van der Waals surface area contributed by atoms with Gasteiger partial charge >= 0.3 is 5.97 Å². The summed E-state index contributed by atoms with van der Waals surface area (Å²) >= 11 is 0. The standard InChI is InChI=1S/C14H23N3O3/c1-5-6-7-16-8-12(11(4)15-16)14(20)17(10(2)3)9-13(18)19/h8,10H,5-7,9H2,1-4H3,(H,18,19). The van der Waals surface area contributed by atoms with Crippen LogP contribution in [0.25, 0.3) is 0 Å². The second kappa shape index (κ2) is 7.07. The molecule has 6 nitrogen and oxygen atoms in total. The van der Waals surface area contributed by atoms with E-state index < -0.39 is 5.97 Å². The van der Waals surface area contributed by atoms with Crippen molar-refractivity contribution in [1.29, 1.82) is 0 Å². The van der Waals surface area contributed by atoms with Gasteiger partial charge in [-0.25, -0.2) is 0 Å². The van der Waals surface area contributed by atoms with Gasteiger partial charge in [0.25, 0.3) is 5.91 Å². The van der Waals surface area contributed by atoms with Gasteiger partial charge in [0, 0.05) is 18.8 Å². The molecule has 0 aliphatic carbocycles. The molecule has 0 unspecified atom stereocenters. The number of hydrogen-bond acceptors (Lipinski definition) is 3. The number of carbonyl (C=O) groups is 2. The van der Waals surface area contributed by atoms with Crippen molar-refractivity contribution in [1.82, 2.24) is 14.7 Å². The molecule has 1 N–H and O–H groups in total. The lowest BCUT2D eigenvalue weighted by Crippen LogP contribution is -2.40. The van der Waals surface area contributed by atoms with Gasteiger partial charge in [0.2, 0.25) is 0 Å². The van der Waals surface area contributed by atoms with E-state index in [1.165, 1.54) is 4.90 Å². The summed E-state index contributed by atoms with van der Waals surface area (Å²) in [5, 5.41) is 13.2. The lowest BCUT2D eigenvalue weighted by molar-refractivity contribution is -0.138. The molecule has 0 bridgehead atoms. The summed E-state index contributed by atoms with van der Waals surface area (Å²) in [5.74, 6) is -1.29. The van der Waals surface area contributed by atoms with E-state index in [0.29, 0.717) is 11.3 Å². The highest BCUT2D eigenvalue weighted by atomic mass is 16.4.